The largest absolute Gasteiger partial charge is 0.288 e. The standard InChI is InChI=1S/C16H10BrClFN3O5S/c1-21-16(28(2,26)27)9-6-11(22(24)25)12(13(17)14(9)20-21)15(23)8-5-7(19)3-4-10(8)18/h3-6H,1-2H3. The monoisotopic (exact) mass is 489 g/mol. The maximum Gasteiger partial charge on any atom is 0.282 e. The van der Waals surface area contributed by atoms with Crippen LogP contribution in [0.25, 0.3) is 10.9 Å². The summed E-state index contributed by atoms with van der Waals surface area (Å²) in [6, 6.07) is 4.03. The number of nitro benzene ring substituents is 1. The molecular formula is C16H10BrClFN3O5S. The minimum absolute atomic E-state index is 0.0227. The fraction of sp³-hybridized carbons (Fsp3) is 0.125. The first-order chi connectivity index (χ1) is 12.9. The number of sulfone groups is 1. The number of benzene rings is 2. The molecule has 0 unspecified atom stereocenters. The molecule has 0 aliphatic carbocycles. The molecule has 1 aromatic heterocycles. The SMILES string of the molecule is Cn1nc2c(Br)c(C(=O)c3cc(F)ccc3Cl)c([N+](=O)[O-])cc2c1S(C)(=O)=O. The van der Waals surface area contributed by atoms with E-state index in [2.05, 4.69) is 21.0 Å². The number of carbonyl (C=O) groups is 1. The summed E-state index contributed by atoms with van der Waals surface area (Å²) in [5.41, 5.74) is -1.32. The minimum Gasteiger partial charge on any atom is -0.288 e. The van der Waals surface area contributed by atoms with E-state index in [1.807, 2.05) is 0 Å². The Bertz CT molecular complexity index is 1290. The number of rotatable bonds is 4. The van der Waals surface area contributed by atoms with Crippen LogP contribution in [0.15, 0.2) is 33.8 Å². The maximum atomic E-state index is 13.6. The topological polar surface area (TPSA) is 112 Å². The molecule has 3 rings (SSSR count). The number of nitrogens with zero attached hydrogens (tertiary/aromatic N) is 3. The zero-order chi connectivity index (χ0) is 21.0. The predicted molar refractivity (Wildman–Crippen MR) is 103 cm³/mol. The van der Waals surface area contributed by atoms with Gasteiger partial charge in [0.15, 0.2) is 14.9 Å². The Labute approximate surface area is 171 Å². The lowest BCUT2D eigenvalue weighted by Crippen LogP contribution is -2.08. The summed E-state index contributed by atoms with van der Waals surface area (Å²) < 4.78 is 38.7. The van der Waals surface area contributed by atoms with E-state index >= 15 is 0 Å². The summed E-state index contributed by atoms with van der Waals surface area (Å²) in [5.74, 6) is -1.65. The molecule has 0 spiro atoms. The van der Waals surface area contributed by atoms with Crippen LogP contribution in [0.3, 0.4) is 0 Å². The first-order valence-electron chi connectivity index (χ1n) is 7.47. The lowest BCUT2D eigenvalue weighted by atomic mass is 10.00. The van der Waals surface area contributed by atoms with Gasteiger partial charge in [0.2, 0.25) is 5.78 Å². The molecule has 8 nitrogen and oxygen atoms in total. The van der Waals surface area contributed by atoms with Crippen LogP contribution in [0.4, 0.5) is 10.1 Å². The molecule has 28 heavy (non-hydrogen) atoms. The Hall–Kier alpha value is -2.37. The number of nitro groups is 1. The van der Waals surface area contributed by atoms with Crippen molar-refractivity contribution in [1.29, 1.82) is 0 Å². The van der Waals surface area contributed by atoms with E-state index < -0.39 is 37.6 Å². The average Bonchev–Trinajstić information content (AvgIpc) is 2.92. The van der Waals surface area contributed by atoms with Crippen LogP contribution in [-0.4, -0.2) is 35.2 Å². The fourth-order valence-corrected chi connectivity index (χ4v) is 4.82. The number of hydrogen-bond acceptors (Lipinski definition) is 6. The predicted octanol–water partition coefficient (Wildman–Crippen LogP) is 3.67. The molecule has 0 saturated heterocycles. The summed E-state index contributed by atoms with van der Waals surface area (Å²) in [6.45, 7) is 0. The molecule has 0 N–H and O–H groups in total. The summed E-state index contributed by atoms with van der Waals surface area (Å²) in [4.78, 5) is 23.8. The van der Waals surface area contributed by atoms with Crippen LogP contribution >= 0.6 is 27.5 Å². The number of halogens is 3. The molecule has 1 heterocycles. The van der Waals surface area contributed by atoms with E-state index in [1.54, 1.807) is 0 Å². The second kappa shape index (κ2) is 6.90. The van der Waals surface area contributed by atoms with Crippen molar-refractivity contribution in [2.75, 3.05) is 6.26 Å². The highest BCUT2D eigenvalue weighted by atomic mass is 79.9. The Morgan fingerprint density at radius 3 is 2.57 bits per heavy atom. The lowest BCUT2D eigenvalue weighted by molar-refractivity contribution is -0.385. The Morgan fingerprint density at radius 1 is 1.36 bits per heavy atom. The van der Waals surface area contributed by atoms with Crippen molar-refractivity contribution in [1.82, 2.24) is 9.78 Å². The van der Waals surface area contributed by atoms with Gasteiger partial charge < -0.3 is 0 Å². The molecule has 0 amide bonds. The third-order valence-electron chi connectivity index (χ3n) is 3.94. The molecule has 0 fully saturated rings. The molecule has 0 bridgehead atoms. The summed E-state index contributed by atoms with van der Waals surface area (Å²) >= 11 is 9.08. The van der Waals surface area contributed by atoms with Crippen molar-refractivity contribution in [2.24, 2.45) is 7.05 Å². The molecule has 0 aliphatic heterocycles. The van der Waals surface area contributed by atoms with E-state index in [0.717, 1.165) is 35.2 Å². The average molecular weight is 491 g/mol. The minimum atomic E-state index is -3.77. The third kappa shape index (κ3) is 3.29. The maximum absolute atomic E-state index is 13.6. The first-order valence-corrected chi connectivity index (χ1v) is 10.5. The number of ketones is 1. The van der Waals surface area contributed by atoms with E-state index in [-0.39, 0.29) is 31.0 Å². The molecule has 146 valence electrons. The number of carbonyl (C=O) groups excluding carboxylic acids is 1. The molecular weight excluding hydrogens is 481 g/mol. The summed E-state index contributed by atoms with van der Waals surface area (Å²) in [7, 11) is -2.41. The molecule has 0 atom stereocenters. The van der Waals surface area contributed by atoms with Gasteiger partial charge in [0.1, 0.15) is 16.9 Å². The van der Waals surface area contributed by atoms with Gasteiger partial charge in [-0.15, -0.1) is 0 Å². The Morgan fingerprint density at radius 2 is 2.00 bits per heavy atom. The highest BCUT2D eigenvalue weighted by molar-refractivity contribution is 9.10. The molecule has 3 aromatic rings. The number of hydrogen-bond donors (Lipinski definition) is 0. The second-order valence-electron chi connectivity index (χ2n) is 5.89. The Balaban J connectivity index is 2.42. The van der Waals surface area contributed by atoms with E-state index in [9.17, 15) is 27.7 Å². The molecule has 2 aromatic carbocycles. The molecule has 0 saturated carbocycles. The highest BCUT2D eigenvalue weighted by Gasteiger charge is 2.32. The number of aryl methyl sites for hydroxylation is 1. The first kappa shape index (κ1) is 20.4. The molecule has 0 aliphatic rings. The van der Waals surface area contributed by atoms with Crippen LogP contribution in [0.1, 0.15) is 15.9 Å². The van der Waals surface area contributed by atoms with Crippen LogP contribution in [0.2, 0.25) is 5.02 Å². The fourth-order valence-electron chi connectivity index (χ4n) is 2.86. The zero-order valence-corrected chi connectivity index (χ0v) is 17.4. The van der Waals surface area contributed by atoms with Gasteiger partial charge in [-0.1, -0.05) is 11.6 Å². The number of fused-ring (bicyclic) bond motifs is 1. The van der Waals surface area contributed by atoms with E-state index in [0.29, 0.717) is 0 Å². The van der Waals surface area contributed by atoms with Gasteiger partial charge in [0.05, 0.1) is 14.4 Å². The van der Waals surface area contributed by atoms with Crippen LogP contribution in [-0.2, 0) is 16.9 Å². The summed E-state index contributed by atoms with van der Waals surface area (Å²) in [6.07, 6.45) is 0.939. The lowest BCUT2D eigenvalue weighted by Gasteiger charge is -2.08. The smallest absolute Gasteiger partial charge is 0.282 e. The van der Waals surface area contributed by atoms with Gasteiger partial charge in [-0.25, -0.2) is 12.8 Å². The zero-order valence-electron chi connectivity index (χ0n) is 14.2. The van der Waals surface area contributed by atoms with Crippen LogP contribution in [0, 0.1) is 15.9 Å². The second-order valence-corrected chi connectivity index (χ2v) is 9.02. The third-order valence-corrected chi connectivity index (χ3v) is 6.23. The normalized spacial score (nSPS) is 11.8. The van der Waals surface area contributed by atoms with Crippen molar-refractivity contribution in [3.05, 3.63) is 60.8 Å². The van der Waals surface area contributed by atoms with Crippen LogP contribution < -0.4 is 0 Å². The van der Waals surface area contributed by atoms with Crippen LogP contribution in [0.5, 0.6) is 0 Å². The van der Waals surface area contributed by atoms with Gasteiger partial charge in [0.25, 0.3) is 5.69 Å². The van der Waals surface area contributed by atoms with Gasteiger partial charge in [0, 0.05) is 30.3 Å². The van der Waals surface area contributed by atoms with Crippen molar-refractivity contribution in [3.63, 3.8) is 0 Å². The highest BCUT2D eigenvalue weighted by Crippen LogP contribution is 2.39. The summed E-state index contributed by atoms with van der Waals surface area (Å²) in [5, 5.41) is 15.3. The quantitative estimate of drug-likeness (QED) is 0.313. The van der Waals surface area contributed by atoms with Gasteiger partial charge in [-0.05, 0) is 34.1 Å². The van der Waals surface area contributed by atoms with E-state index in [4.69, 9.17) is 11.6 Å². The van der Waals surface area contributed by atoms with Gasteiger partial charge in [-0.3, -0.25) is 19.6 Å². The van der Waals surface area contributed by atoms with Crippen molar-refractivity contribution < 1.29 is 22.5 Å². The van der Waals surface area contributed by atoms with Gasteiger partial charge >= 0.3 is 0 Å². The molecule has 0 radical (unpaired) electrons. The number of aromatic nitrogens is 2. The van der Waals surface area contributed by atoms with E-state index in [1.165, 1.54) is 7.05 Å². The molecule has 12 heteroatoms. The Kier molecular flexibility index (Phi) is 5.02. The van der Waals surface area contributed by atoms with Gasteiger partial charge in [-0.2, -0.15) is 5.10 Å². The van der Waals surface area contributed by atoms with Crippen molar-refractivity contribution in [3.8, 4) is 0 Å². The van der Waals surface area contributed by atoms with Crippen molar-refractivity contribution >= 4 is 59.7 Å². The van der Waals surface area contributed by atoms with Crippen molar-refractivity contribution in [2.45, 2.75) is 5.03 Å².